The molecular formula is C12H22IN3S. The number of guanidine groups is 1. The largest absolute Gasteiger partial charge is 0.345 e. The normalized spacial score (nSPS) is 20.8. The molecule has 1 N–H and O–H groups in total. The monoisotopic (exact) mass is 367 g/mol. The molecule has 0 aliphatic carbocycles. The molecular weight excluding hydrogens is 345 g/mol. The van der Waals surface area contributed by atoms with Crippen LogP contribution in [0.5, 0.6) is 0 Å². The van der Waals surface area contributed by atoms with Crippen LogP contribution < -0.4 is 5.32 Å². The van der Waals surface area contributed by atoms with E-state index in [1.807, 2.05) is 7.05 Å². The van der Waals surface area contributed by atoms with Crippen LogP contribution in [0.25, 0.3) is 0 Å². The molecule has 0 radical (unpaired) electrons. The molecule has 0 spiro atoms. The number of rotatable bonds is 2. The van der Waals surface area contributed by atoms with Crippen molar-refractivity contribution in [3.8, 4) is 12.3 Å². The van der Waals surface area contributed by atoms with Crippen LogP contribution in [0.3, 0.4) is 0 Å². The summed E-state index contributed by atoms with van der Waals surface area (Å²) in [6, 6.07) is 0. The van der Waals surface area contributed by atoms with Gasteiger partial charge in [0, 0.05) is 31.1 Å². The molecule has 0 amide bonds. The van der Waals surface area contributed by atoms with Gasteiger partial charge in [0.25, 0.3) is 0 Å². The lowest BCUT2D eigenvalue weighted by molar-refractivity contribution is 0.382. The Kier molecular flexibility index (Phi) is 8.88. The van der Waals surface area contributed by atoms with Gasteiger partial charge < -0.3 is 10.2 Å². The lowest BCUT2D eigenvalue weighted by atomic mass is 10.1. The highest BCUT2D eigenvalue weighted by Gasteiger charge is 2.24. The van der Waals surface area contributed by atoms with Gasteiger partial charge in [-0.3, -0.25) is 4.99 Å². The summed E-state index contributed by atoms with van der Waals surface area (Å²) in [6.07, 6.45) is 5.25. The van der Waals surface area contributed by atoms with Gasteiger partial charge in [-0.15, -0.1) is 30.4 Å². The second-order valence-corrected chi connectivity index (χ2v) is 5.55. The molecule has 0 saturated carbocycles. The van der Waals surface area contributed by atoms with Crippen LogP contribution in [-0.2, 0) is 0 Å². The van der Waals surface area contributed by atoms with Crippen LogP contribution in [0, 0.1) is 18.3 Å². The summed E-state index contributed by atoms with van der Waals surface area (Å²) < 4.78 is 0. The fourth-order valence-electron chi connectivity index (χ4n) is 1.73. The summed E-state index contributed by atoms with van der Waals surface area (Å²) in [5.41, 5.74) is 0. The van der Waals surface area contributed by atoms with E-state index in [0.29, 0.717) is 17.7 Å². The van der Waals surface area contributed by atoms with Gasteiger partial charge in [0.2, 0.25) is 0 Å². The maximum absolute atomic E-state index is 5.25. The molecule has 98 valence electrons. The highest BCUT2D eigenvalue weighted by Crippen LogP contribution is 2.24. The fraction of sp³-hybridized carbons (Fsp3) is 0.750. The molecule has 1 aliphatic rings. The van der Waals surface area contributed by atoms with Gasteiger partial charge in [-0.25, -0.2) is 0 Å². The van der Waals surface area contributed by atoms with E-state index >= 15 is 0 Å². The van der Waals surface area contributed by atoms with E-state index < -0.39 is 0 Å². The molecule has 1 fully saturated rings. The van der Waals surface area contributed by atoms with E-state index in [-0.39, 0.29) is 24.0 Å². The molecule has 0 aromatic heterocycles. The molecule has 1 aliphatic heterocycles. The van der Waals surface area contributed by atoms with Crippen LogP contribution in [0.15, 0.2) is 4.99 Å². The van der Waals surface area contributed by atoms with Crippen molar-refractivity contribution in [2.75, 3.05) is 32.4 Å². The van der Waals surface area contributed by atoms with Gasteiger partial charge in [0.05, 0.1) is 6.54 Å². The van der Waals surface area contributed by atoms with Crippen LogP contribution >= 0.6 is 35.7 Å². The molecule has 17 heavy (non-hydrogen) atoms. The predicted octanol–water partition coefficient (Wildman–Crippen LogP) is 1.89. The van der Waals surface area contributed by atoms with Gasteiger partial charge in [0.1, 0.15) is 0 Å². The summed E-state index contributed by atoms with van der Waals surface area (Å²) in [6.45, 7) is 7.21. The van der Waals surface area contributed by atoms with Crippen molar-refractivity contribution in [1.82, 2.24) is 10.2 Å². The average molecular weight is 367 g/mol. The molecule has 1 atom stereocenters. The van der Waals surface area contributed by atoms with Gasteiger partial charge in [-0.05, 0) is 5.92 Å². The highest BCUT2D eigenvalue weighted by atomic mass is 127. The van der Waals surface area contributed by atoms with Crippen LogP contribution in [0.1, 0.15) is 13.8 Å². The molecule has 0 bridgehead atoms. The summed E-state index contributed by atoms with van der Waals surface area (Å²) in [4.78, 5) is 6.57. The van der Waals surface area contributed by atoms with Crippen molar-refractivity contribution in [2.24, 2.45) is 10.9 Å². The van der Waals surface area contributed by atoms with Gasteiger partial charge in [0.15, 0.2) is 5.96 Å². The Morgan fingerprint density at radius 2 is 2.35 bits per heavy atom. The first-order valence-corrected chi connectivity index (χ1v) is 6.74. The van der Waals surface area contributed by atoms with Crippen LogP contribution in [0.2, 0.25) is 0 Å². The molecule has 3 nitrogen and oxygen atoms in total. The van der Waals surface area contributed by atoms with E-state index in [1.54, 1.807) is 0 Å². The van der Waals surface area contributed by atoms with Crippen molar-refractivity contribution in [2.45, 2.75) is 19.1 Å². The van der Waals surface area contributed by atoms with Crippen molar-refractivity contribution in [3.05, 3.63) is 0 Å². The third kappa shape index (κ3) is 5.38. The van der Waals surface area contributed by atoms with Crippen molar-refractivity contribution in [1.29, 1.82) is 0 Å². The Morgan fingerprint density at radius 3 is 2.88 bits per heavy atom. The van der Waals surface area contributed by atoms with E-state index in [2.05, 4.69) is 46.7 Å². The summed E-state index contributed by atoms with van der Waals surface area (Å²) >= 11 is 2.06. The zero-order valence-corrected chi connectivity index (χ0v) is 13.9. The number of thioether (sulfide) groups is 1. The number of aliphatic imine (C=N–C) groups is 1. The fourth-order valence-corrected chi connectivity index (χ4v) is 3.03. The van der Waals surface area contributed by atoms with Gasteiger partial charge in [-0.2, -0.15) is 11.8 Å². The second kappa shape index (κ2) is 8.92. The van der Waals surface area contributed by atoms with Crippen LogP contribution in [0.4, 0.5) is 0 Å². The smallest absolute Gasteiger partial charge is 0.194 e. The number of nitrogens with one attached hydrogen (secondary N) is 1. The number of nitrogens with zero attached hydrogens (tertiary/aromatic N) is 2. The van der Waals surface area contributed by atoms with Gasteiger partial charge in [-0.1, -0.05) is 19.8 Å². The standard InChI is InChI=1S/C12H21N3S.HI/c1-5-6-14-12(13-4)15-7-8-16-11(9-15)10(2)3;/h1,10-11H,6-9H2,2-4H3,(H,13,14);1H. The van der Waals surface area contributed by atoms with E-state index in [1.165, 1.54) is 5.75 Å². The van der Waals surface area contributed by atoms with E-state index in [0.717, 1.165) is 19.0 Å². The van der Waals surface area contributed by atoms with Crippen molar-refractivity contribution < 1.29 is 0 Å². The molecule has 0 aromatic carbocycles. The Balaban J connectivity index is 0.00000256. The van der Waals surface area contributed by atoms with Crippen LogP contribution in [-0.4, -0.2) is 48.5 Å². The van der Waals surface area contributed by atoms with Crippen molar-refractivity contribution in [3.63, 3.8) is 0 Å². The lowest BCUT2D eigenvalue weighted by Gasteiger charge is -2.36. The minimum Gasteiger partial charge on any atom is -0.345 e. The molecule has 0 aromatic rings. The number of hydrogen-bond acceptors (Lipinski definition) is 2. The molecule has 1 unspecified atom stereocenters. The van der Waals surface area contributed by atoms with Crippen molar-refractivity contribution >= 4 is 41.7 Å². The molecule has 1 heterocycles. The van der Waals surface area contributed by atoms with Gasteiger partial charge >= 0.3 is 0 Å². The predicted molar refractivity (Wildman–Crippen MR) is 88.3 cm³/mol. The Hall–Kier alpha value is -0.0900. The first-order valence-electron chi connectivity index (χ1n) is 5.69. The topological polar surface area (TPSA) is 27.6 Å². The van der Waals surface area contributed by atoms with E-state index in [4.69, 9.17) is 6.42 Å². The minimum atomic E-state index is 0. The quantitative estimate of drug-likeness (QED) is 0.350. The third-order valence-electron chi connectivity index (χ3n) is 2.70. The zero-order valence-electron chi connectivity index (χ0n) is 10.8. The SMILES string of the molecule is C#CCNC(=NC)N1CCSC(C(C)C)C1.I. The summed E-state index contributed by atoms with van der Waals surface area (Å²) in [5.74, 6) is 5.39. The maximum atomic E-state index is 5.25. The average Bonchev–Trinajstić information content (AvgIpc) is 2.30. The summed E-state index contributed by atoms with van der Waals surface area (Å²) in [5, 5.41) is 3.87. The Morgan fingerprint density at radius 1 is 1.65 bits per heavy atom. The maximum Gasteiger partial charge on any atom is 0.194 e. The second-order valence-electron chi connectivity index (χ2n) is 4.20. The number of terminal acetylenes is 1. The van der Waals surface area contributed by atoms with E-state index in [9.17, 15) is 0 Å². The highest BCUT2D eigenvalue weighted by molar-refractivity contribution is 14.0. The molecule has 1 saturated heterocycles. The Labute approximate surface area is 126 Å². The Bertz CT molecular complexity index is 286. The molecule has 1 rings (SSSR count). The minimum absolute atomic E-state index is 0. The summed E-state index contributed by atoms with van der Waals surface area (Å²) in [7, 11) is 1.81. The lowest BCUT2D eigenvalue weighted by Crippen LogP contribution is -2.49. The number of halogens is 1. The zero-order chi connectivity index (χ0) is 12.0. The number of hydrogen-bond donors (Lipinski definition) is 1. The molecule has 5 heteroatoms. The third-order valence-corrected chi connectivity index (χ3v) is 4.24. The first kappa shape index (κ1) is 16.9. The first-order chi connectivity index (χ1) is 7.69.